The molecule has 7 heteroatoms. The number of hydrogen-bond donors (Lipinski definition) is 1. The molecule has 0 radical (unpaired) electrons. The third kappa shape index (κ3) is 3.87. The van der Waals surface area contributed by atoms with Gasteiger partial charge in [0.25, 0.3) is 11.7 Å². The number of halogens is 1. The highest BCUT2D eigenvalue weighted by Crippen LogP contribution is 2.41. The van der Waals surface area contributed by atoms with E-state index in [2.05, 4.69) is 4.98 Å². The number of fused-ring (bicyclic) bond motifs is 1. The zero-order valence-corrected chi connectivity index (χ0v) is 18.6. The van der Waals surface area contributed by atoms with E-state index in [-0.39, 0.29) is 24.0 Å². The molecule has 2 aliphatic heterocycles. The number of amides is 1. The highest BCUT2D eigenvalue weighted by atomic mass is 35.5. The molecule has 3 heterocycles. The van der Waals surface area contributed by atoms with Crippen molar-refractivity contribution >= 4 is 29.1 Å². The third-order valence-corrected chi connectivity index (χ3v) is 6.21. The predicted octanol–water partition coefficient (Wildman–Crippen LogP) is 4.68. The molecule has 2 aliphatic rings. The van der Waals surface area contributed by atoms with Gasteiger partial charge in [-0.2, -0.15) is 0 Å². The quantitative estimate of drug-likeness (QED) is 0.347. The molecule has 1 amide bonds. The summed E-state index contributed by atoms with van der Waals surface area (Å²) < 4.78 is 5.75. The lowest BCUT2D eigenvalue weighted by molar-refractivity contribution is -0.140. The molecule has 166 valence electrons. The van der Waals surface area contributed by atoms with Crippen molar-refractivity contribution in [3.05, 3.63) is 99.8 Å². The molecule has 2 atom stereocenters. The van der Waals surface area contributed by atoms with Crippen molar-refractivity contribution < 1.29 is 19.4 Å². The number of pyridine rings is 1. The Morgan fingerprint density at radius 1 is 1.15 bits per heavy atom. The highest BCUT2D eigenvalue weighted by Gasteiger charge is 2.46. The van der Waals surface area contributed by atoms with Crippen LogP contribution in [0.1, 0.15) is 35.2 Å². The number of carbonyl (C=O) groups excluding carboxylic acids is 2. The van der Waals surface area contributed by atoms with Crippen molar-refractivity contribution in [3.8, 4) is 5.75 Å². The van der Waals surface area contributed by atoms with Crippen LogP contribution in [0.2, 0.25) is 5.02 Å². The van der Waals surface area contributed by atoms with Gasteiger partial charge in [0.05, 0.1) is 11.6 Å². The number of nitrogens with zero attached hydrogens (tertiary/aromatic N) is 2. The zero-order chi connectivity index (χ0) is 23.1. The van der Waals surface area contributed by atoms with Crippen molar-refractivity contribution in [2.75, 3.05) is 0 Å². The van der Waals surface area contributed by atoms with Gasteiger partial charge < -0.3 is 14.7 Å². The molecule has 1 saturated heterocycles. The Labute approximate surface area is 196 Å². The minimum Gasteiger partial charge on any atom is -0.507 e. The average molecular weight is 461 g/mol. The molecule has 0 unspecified atom stereocenters. The molecule has 0 aliphatic carbocycles. The number of aliphatic hydroxyl groups is 1. The van der Waals surface area contributed by atoms with Crippen molar-refractivity contribution in [2.24, 2.45) is 0 Å². The van der Waals surface area contributed by atoms with Gasteiger partial charge in [-0.25, -0.2) is 0 Å². The molecule has 0 saturated carbocycles. The first-order valence-electron chi connectivity index (χ1n) is 10.6. The van der Waals surface area contributed by atoms with Crippen LogP contribution in [0.5, 0.6) is 5.75 Å². The molecule has 33 heavy (non-hydrogen) atoms. The van der Waals surface area contributed by atoms with E-state index in [0.717, 1.165) is 16.9 Å². The first-order valence-corrected chi connectivity index (χ1v) is 11.0. The number of rotatable bonds is 4. The Hall–Kier alpha value is -3.64. The summed E-state index contributed by atoms with van der Waals surface area (Å²) >= 11 is 6.24. The summed E-state index contributed by atoms with van der Waals surface area (Å²) in [5, 5.41) is 11.8. The van der Waals surface area contributed by atoms with E-state index < -0.39 is 17.7 Å². The van der Waals surface area contributed by atoms with Gasteiger partial charge in [-0.05, 0) is 66.1 Å². The van der Waals surface area contributed by atoms with E-state index >= 15 is 0 Å². The van der Waals surface area contributed by atoms with Crippen LogP contribution in [-0.2, 0) is 22.6 Å². The van der Waals surface area contributed by atoms with E-state index in [4.69, 9.17) is 16.3 Å². The second-order valence-corrected chi connectivity index (χ2v) is 8.73. The molecular weight excluding hydrogens is 440 g/mol. The Kier molecular flexibility index (Phi) is 5.38. The number of aromatic nitrogens is 1. The second kappa shape index (κ2) is 8.37. The van der Waals surface area contributed by atoms with Crippen molar-refractivity contribution in [1.82, 2.24) is 9.88 Å². The largest absolute Gasteiger partial charge is 0.507 e. The van der Waals surface area contributed by atoms with Crippen molar-refractivity contribution in [1.29, 1.82) is 0 Å². The Morgan fingerprint density at radius 3 is 2.70 bits per heavy atom. The number of ketones is 1. The molecule has 1 fully saturated rings. The van der Waals surface area contributed by atoms with Crippen LogP contribution in [0, 0.1) is 0 Å². The van der Waals surface area contributed by atoms with Gasteiger partial charge in [0, 0.05) is 35.9 Å². The lowest BCUT2D eigenvalue weighted by Crippen LogP contribution is -2.29. The maximum Gasteiger partial charge on any atom is 0.295 e. The van der Waals surface area contributed by atoms with Crippen LogP contribution in [0.3, 0.4) is 0 Å². The second-order valence-electron chi connectivity index (χ2n) is 8.29. The van der Waals surface area contributed by atoms with Crippen LogP contribution in [0.25, 0.3) is 5.76 Å². The SMILES string of the molecule is C[C@H]1Cc2cc(/C(O)=C3\C(=O)C(=O)N(Cc4ccncc4)[C@@H]3c3cccc(Cl)c3)ccc2O1. The molecular formula is C26H21ClN2O4. The number of benzene rings is 2. The monoisotopic (exact) mass is 460 g/mol. The molecule has 1 N–H and O–H groups in total. The van der Waals surface area contributed by atoms with E-state index in [1.54, 1.807) is 60.9 Å². The topological polar surface area (TPSA) is 79.7 Å². The molecule has 1 aromatic heterocycles. The number of ether oxygens (including phenoxy) is 1. The number of carbonyl (C=O) groups is 2. The number of hydrogen-bond acceptors (Lipinski definition) is 5. The summed E-state index contributed by atoms with van der Waals surface area (Å²) in [5.41, 5.74) is 2.94. The molecule has 6 nitrogen and oxygen atoms in total. The molecule has 5 rings (SSSR count). The highest BCUT2D eigenvalue weighted by molar-refractivity contribution is 6.46. The minimum absolute atomic E-state index is 0.0447. The predicted molar refractivity (Wildman–Crippen MR) is 124 cm³/mol. The smallest absolute Gasteiger partial charge is 0.295 e. The van der Waals surface area contributed by atoms with E-state index in [1.807, 2.05) is 13.0 Å². The van der Waals surface area contributed by atoms with E-state index in [9.17, 15) is 14.7 Å². The molecule has 2 aromatic carbocycles. The number of aliphatic hydroxyl groups excluding tert-OH is 1. The maximum absolute atomic E-state index is 13.2. The summed E-state index contributed by atoms with van der Waals surface area (Å²) in [5.74, 6) is -0.838. The lowest BCUT2D eigenvalue weighted by atomic mass is 9.94. The summed E-state index contributed by atoms with van der Waals surface area (Å²) in [4.78, 5) is 31.8. The Balaban J connectivity index is 1.64. The van der Waals surface area contributed by atoms with Gasteiger partial charge >= 0.3 is 0 Å². The summed E-state index contributed by atoms with van der Waals surface area (Å²) in [6.45, 7) is 2.17. The lowest BCUT2D eigenvalue weighted by Gasteiger charge is -2.25. The Bertz CT molecular complexity index is 1290. The van der Waals surface area contributed by atoms with Gasteiger partial charge in [0.1, 0.15) is 17.6 Å². The zero-order valence-electron chi connectivity index (χ0n) is 17.9. The normalized spacial score (nSPS) is 21.2. The fourth-order valence-corrected chi connectivity index (χ4v) is 4.67. The molecule has 0 bridgehead atoms. The standard InChI is InChI=1S/C26H21ClN2O4/c1-15-11-19-12-18(5-6-21(19)33-15)24(30)22-23(17-3-2-4-20(27)13-17)29(26(32)25(22)31)14-16-7-9-28-10-8-16/h2-10,12-13,15,23,30H,11,14H2,1H3/b24-22+/t15-,23+/m0/s1. The van der Waals surface area contributed by atoms with Gasteiger partial charge in [-0.15, -0.1) is 0 Å². The summed E-state index contributed by atoms with van der Waals surface area (Å²) in [7, 11) is 0. The van der Waals surface area contributed by atoms with Crippen LogP contribution < -0.4 is 4.74 Å². The first-order chi connectivity index (χ1) is 15.9. The minimum atomic E-state index is -0.778. The third-order valence-electron chi connectivity index (χ3n) is 5.98. The van der Waals surface area contributed by atoms with Gasteiger partial charge in [0.15, 0.2) is 0 Å². The van der Waals surface area contributed by atoms with Crippen LogP contribution in [0.4, 0.5) is 0 Å². The Morgan fingerprint density at radius 2 is 1.94 bits per heavy atom. The first kappa shape index (κ1) is 21.2. The fraction of sp³-hybridized carbons (Fsp3) is 0.192. The van der Waals surface area contributed by atoms with Gasteiger partial charge in [0.2, 0.25) is 0 Å². The van der Waals surface area contributed by atoms with Crippen molar-refractivity contribution in [2.45, 2.75) is 32.0 Å². The summed E-state index contributed by atoms with van der Waals surface area (Å²) in [6.07, 6.45) is 4.03. The van der Waals surface area contributed by atoms with E-state index in [1.165, 1.54) is 4.90 Å². The van der Waals surface area contributed by atoms with Crippen LogP contribution in [-0.4, -0.2) is 32.8 Å². The van der Waals surface area contributed by atoms with Crippen molar-refractivity contribution in [3.63, 3.8) is 0 Å². The van der Waals surface area contributed by atoms with Crippen LogP contribution >= 0.6 is 11.6 Å². The average Bonchev–Trinajstić information content (AvgIpc) is 3.30. The summed E-state index contributed by atoms with van der Waals surface area (Å²) in [6, 6.07) is 15.1. The maximum atomic E-state index is 13.2. The molecule has 0 spiro atoms. The van der Waals surface area contributed by atoms with Crippen LogP contribution in [0.15, 0.2) is 72.6 Å². The van der Waals surface area contributed by atoms with Gasteiger partial charge in [-0.3, -0.25) is 14.6 Å². The number of likely N-dealkylation sites (tertiary alicyclic amines) is 1. The molecule has 3 aromatic rings. The fourth-order valence-electron chi connectivity index (χ4n) is 4.48. The number of Topliss-reactive ketones (excluding diaryl/α,β-unsaturated/α-hetero) is 1. The van der Waals surface area contributed by atoms with E-state index in [0.29, 0.717) is 22.6 Å². The van der Waals surface area contributed by atoms with Gasteiger partial charge in [-0.1, -0.05) is 23.7 Å².